The Bertz CT molecular complexity index is 544. The number of aryl methyl sites for hydroxylation is 1. The SMILES string of the molecule is COc1cc(Br)cc(C)c1NC(=O)[C@@H]1C[C@@H]1C(=O)O. The van der Waals surface area contributed by atoms with Gasteiger partial charge in [0.05, 0.1) is 24.6 Å². The van der Waals surface area contributed by atoms with E-state index in [-0.39, 0.29) is 5.91 Å². The summed E-state index contributed by atoms with van der Waals surface area (Å²) in [7, 11) is 1.52. The number of nitrogens with one attached hydrogen (secondary N) is 1. The van der Waals surface area contributed by atoms with E-state index in [0.717, 1.165) is 10.0 Å². The smallest absolute Gasteiger partial charge is 0.307 e. The number of ether oxygens (including phenoxy) is 1. The number of anilines is 1. The summed E-state index contributed by atoms with van der Waals surface area (Å²) in [4.78, 5) is 22.7. The van der Waals surface area contributed by atoms with Crippen LogP contribution in [0.4, 0.5) is 5.69 Å². The molecule has 1 aromatic rings. The minimum absolute atomic E-state index is 0.267. The zero-order valence-electron chi connectivity index (χ0n) is 10.6. The van der Waals surface area contributed by atoms with Crippen molar-refractivity contribution in [1.29, 1.82) is 0 Å². The summed E-state index contributed by atoms with van der Waals surface area (Å²) in [6.45, 7) is 1.85. The molecule has 5 nitrogen and oxygen atoms in total. The molecule has 0 saturated heterocycles. The van der Waals surface area contributed by atoms with E-state index >= 15 is 0 Å². The van der Waals surface area contributed by atoms with E-state index < -0.39 is 17.8 Å². The highest BCUT2D eigenvalue weighted by molar-refractivity contribution is 9.10. The number of carbonyl (C=O) groups excluding carboxylic acids is 1. The molecular formula is C13H14BrNO4. The summed E-state index contributed by atoms with van der Waals surface area (Å²) in [5, 5.41) is 11.6. The molecule has 1 amide bonds. The van der Waals surface area contributed by atoms with Gasteiger partial charge < -0.3 is 15.2 Å². The van der Waals surface area contributed by atoms with Crippen molar-refractivity contribution in [2.45, 2.75) is 13.3 Å². The quantitative estimate of drug-likeness (QED) is 0.890. The van der Waals surface area contributed by atoms with Crippen molar-refractivity contribution in [2.75, 3.05) is 12.4 Å². The van der Waals surface area contributed by atoms with E-state index in [4.69, 9.17) is 9.84 Å². The first-order chi connectivity index (χ1) is 8.93. The molecule has 0 heterocycles. The third kappa shape index (κ3) is 2.89. The molecule has 0 aliphatic heterocycles. The van der Waals surface area contributed by atoms with Crippen molar-refractivity contribution in [2.24, 2.45) is 11.8 Å². The van der Waals surface area contributed by atoms with Gasteiger partial charge in [0.15, 0.2) is 0 Å². The molecule has 102 valence electrons. The Labute approximate surface area is 119 Å². The molecule has 0 aromatic heterocycles. The van der Waals surface area contributed by atoms with Crippen LogP contribution in [0.2, 0.25) is 0 Å². The van der Waals surface area contributed by atoms with Gasteiger partial charge in [-0.2, -0.15) is 0 Å². The lowest BCUT2D eigenvalue weighted by atomic mass is 10.1. The van der Waals surface area contributed by atoms with Crippen molar-refractivity contribution < 1.29 is 19.4 Å². The van der Waals surface area contributed by atoms with Crippen LogP contribution in [0.25, 0.3) is 0 Å². The molecule has 1 aliphatic rings. The number of methoxy groups -OCH3 is 1. The van der Waals surface area contributed by atoms with E-state index in [9.17, 15) is 9.59 Å². The summed E-state index contributed by atoms with van der Waals surface area (Å²) in [5.74, 6) is -1.63. The number of hydrogen-bond donors (Lipinski definition) is 2. The molecule has 1 aliphatic carbocycles. The van der Waals surface area contributed by atoms with E-state index in [2.05, 4.69) is 21.2 Å². The van der Waals surface area contributed by atoms with Crippen LogP contribution in [0.1, 0.15) is 12.0 Å². The van der Waals surface area contributed by atoms with Gasteiger partial charge in [0, 0.05) is 4.47 Å². The van der Waals surface area contributed by atoms with Gasteiger partial charge >= 0.3 is 5.97 Å². The van der Waals surface area contributed by atoms with Crippen LogP contribution >= 0.6 is 15.9 Å². The summed E-state index contributed by atoms with van der Waals surface area (Å²) in [6.07, 6.45) is 0.402. The number of carbonyl (C=O) groups is 2. The molecule has 2 N–H and O–H groups in total. The lowest BCUT2D eigenvalue weighted by Crippen LogP contribution is -2.18. The first-order valence-electron chi connectivity index (χ1n) is 5.82. The molecule has 2 rings (SSSR count). The maximum absolute atomic E-state index is 12.0. The van der Waals surface area contributed by atoms with Gasteiger partial charge in [0.2, 0.25) is 5.91 Å². The molecule has 1 fully saturated rings. The zero-order valence-corrected chi connectivity index (χ0v) is 12.2. The van der Waals surface area contributed by atoms with Crippen LogP contribution in [0, 0.1) is 18.8 Å². The Balaban J connectivity index is 2.16. The van der Waals surface area contributed by atoms with Crippen molar-refractivity contribution in [3.8, 4) is 5.75 Å². The Hall–Kier alpha value is -1.56. The number of carboxylic acids is 1. The van der Waals surface area contributed by atoms with Crippen LogP contribution < -0.4 is 10.1 Å². The van der Waals surface area contributed by atoms with Gasteiger partial charge in [-0.3, -0.25) is 9.59 Å². The first-order valence-corrected chi connectivity index (χ1v) is 6.61. The lowest BCUT2D eigenvalue weighted by molar-refractivity contribution is -0.139. The fourth-order valence-corrected chi connectivity index (χ4v) is 2.56. The van der Waals surface area contributed by atoms with Crippen LogP contribution in [-0.2, 0) is 9.59 Å². The van der Waals surface area contributed by atoms with Crippen molar-refractivity contribution in [1.82, 2.24) is 0 Å². The molecule has 0 spiro atoms. The van der Waals surface area contributed by atoms with E-state index in [1.807, 2.05) is 13.0 Å². The van der Waals surface area contributed by atoms with Gasteiger partial charge in [-0.1, -0.05) is 15.9 Å². The highest BCUT2D eigenvalue weighted by atomic mass is 79.9. The monoisotopic (exact) mass is 327 g/mol. The van der Waals surface area contributed by atoms with Crippen LogP contribution in [0.15, 0.2) is 16.6 Å². The second kappa shape index (κ2) is 5.21. The van der Waals surface area contributed by atoms with Gasteiger partial charge in [0.25, 0.3) is 0 Å². The largest absolute Gasteiger partial charge is 0.495 e. The van der Waals surface area contributed by atoms with Crippen LogP contribution in [-0.4, -0.2) is 24.1 Å². The fourth-order valence-electron chi connectivity index (χ4n) is 2.01. The Kier molecular flexibility index (Phi) is 3.80. The summed E-state index contributed by atoms with van der Waals surface area (Å²) in [6, 6.07) is 3.61. The highest BCUT2D eigenvalue weighted by Crippen LogP contribution is 2.41. The normalized spacial score (nSPS) is 20.8. The van der Waals surface area contributed by atoms with Crippen molar-refractivity contribution in [3.63, 3.8) is 0 Å². The molecule has 6 heteroatoms. The Morgan fingerprint density at radius 2 is 2.11 bits per heavy atom. The number of halogens is 1. The van der Waals surface area contributed by atoms with Gasteiger partial charge in [0.1, 0.15) is 5.75 Å². The number of aliphatic carboxylic acids is 1. The van der Waals surface area contributed by atoms with Gasteiger partial charge in [-0.05, 0) is 31.0 Å². The third-order valence-electron chi connectivity index (χ3n) is 3.18. The fraction of sp³-hybridized carbons (Fsp3) is 0.385. The van der Waals surface area contributed by atoms with Crippen LogP contribution in [0.3, 0.4) is 0 Å². The number of hydrogen-bond acceptors (Lipinski definition) is 3. The lowest BCUT2D eigenvalue weighted by Gasteiger charge is -2.13. The average molecular weight is 328 g/mol. The minimum Gasteiger partial charge on any atom is -0.495 e. The van der Waals surface area contributed by atoms with Gasteiger partial charge in [-0.25, -0.2) is 0 Å². The molecule has 1 aromatic carbocycles. The Morgan fingerprint density at radius 3 is 2.63 bits per heavy atom. The van der Waals surface area contributed by atoms with E-state index in [0.29, 0.717) is 17.9 Å². The second-order valence-corrected chi connectivity index (χ2v) is 5.49. The number of carboxylic acid groups (broad SMARTS) is 1. The predicted molar refractivity (Wildman–Crippen MR) is 73.3 cm³/mol. The molecule has 0 radical (unpaired) electrons. The number of amides is 1. The Morgan fingerprint density at radius 1 is 1.42 bits per heavy atom. The van der Waals surface area contributed by atoms with E-state index in [1.165, 1.54) is 7.11 Å². The predicted octanol–water partition coefficient (Wildman–Crippen LogP) is 2.43. The maximum atomic E-state index is 12.0. The minimum atomic E-state index is -0.917. The summed E-state index contributed by atoms with van der Waals surface area (Å²) >= 11 is 3.35. The molecule has 0 bridgehead atoms. The topological polar surface area (TPSA) is 75.6 Å². The molecular weight excluding hydrogens is 314 g/mol. The van der Waals surface area contributed by atoms with Crippen molar-refractivity contribution >= 4 is 33.5 Å². The molecule has 1 saturated carbocycles. The average Bonchev–Trinajstić information content (AvgIpc) is 3.12. The first kappa shape index (κ1) is 13.9. The molecule has 19 heavy (non-hydrogen) atoms. The molecule has 2 atom stereocenters. The second-order valence-electron chi connectivity index (χ2n) is 4.58. The standard InChI is InChI=1S/C13H14BrNO4/c1-6-3-7(14)4-10(19-2)11(6)15-12(16)8-5-9(8)13(17)18/h3-4,8-9H,5H2,1-2H3,(H,15,16)(H,17,18)/t8-,9+/m1/s1. The highest BCUT2D eigenvalue weighted by Gasteiger charge is 2.48. The van der Waals surface area contributed by atoms with E-state index in [1.54, 1.807) is 6.07 Å². The third-order valence-corrected chi connectivity index (χ3v) is 3.63. The van der Waals surface area contributed by atoms with Gasteiger partial charge in [-0.15, -0.1) is 0 Å². The number of benzene rings is 1. The molecule has 0 unspecified atom stereocenters. The summed E-state index contributed by atoms with van der Waals surface area (Å²) < 4.78 is 6.08. The zero-order chi connectivity index (χ0) is 14.2. The maximum Gasteiger partial charge on any atom is 0.307 e. The summed E-state index contributed by atoms with van der Waals surface area (Å²) in [5.41, 5.74) is 1.44. The number of rotatable bonds is 4. The van der Waals surface area contributed by atoms with Crippen LogP contribution in [0.5, 0.6) is 5.75 Å². The van der Waals surface area contributed by atoms with Crippen molar-refractivity contribution in [3.05, 3.63) is 22.2 Å².